The summed E-state index contributed by atoms with van der Waals surface area (Å²) in [6.45, 7) is 3.79. The van der Waals surface area contributed by atoms with Crippen molar-refractivity contribution >= 4 is 11.8 Å². The van der Waals surface area contributed by atoms with Gasteiger partial charge in [-0.2, -0.15) is 0 Å². The molecule has 0 bridgehead atoms. The second-order valence-electron chi connectivity index (χ2n) is 8.94. The van der Waals surface area contributed by atoms with Gasteiger partial charge in [-0.1, -0.05) is 84.9 Å². The van der Waals surface area contributed by atoms with Gasteiger partial charge in [-0.05, 0) is 36.1 Å². The molecule has 6 nitrogen and oxygen atoms in total. The number of nitrogens with one attached hydrogen (secondary N) is 1. The summed E-state index contributed by atoms with van der Waals surface area (Å²) >= 11 is 0. The average Bonchev–Trinajstić information content (AvgIpc) is 3.20. The lowest BCUT2D eigenvalue weighted by molar-refractivity contribution is -0.141. The maximum Gasteiger partial charge on any atom is 0.246 e. The predicted molar refractivity (Wildman–Crippen MR) is 132 cm³/mol. The molecule has 0 aromatic heterocycles. The third kappa shape index (κ3) is 4.74. The molecule has 0 radical (unpaired) electrons. The first-order valence-electron chi connectivity index (χ1n) is 11.6. The fourth-order valence-corrected chi connectivity index (χ4v) is 4.79. The highest BCUT2D eigenvalue weighted by atomic mass is 16.3. The van der Waals surface area contributed by atoms with Gasteiger partial charge in [-0.15, -0.1) is 0 Å². The van der Waals surface area contributed by atoms with Gasteiger partial charge < -0.3 is 21.1 Å². The highest BCUT2D eigenvalue weighted by Crippen LogP contribution is 2.35. The summed E-state index contributed by atoms with van der Waals surface area (Å²) in [5, 5.41) is 14.5. The molecule has 4 N–H and O–H groups in total. The summed E-state index contributed by atoms with van der Waals surface area (Å²) in [4.78, 5) is 28.1. The molecule has 1 saturated heterocycles. The van der Waals surface area contributed by atoms with Crippen LogP contribution < -0.4 is 11.1 Å². The molecule has 0 unspecified atom stereocenters. The fourth-order valence-electron chi connectivity index (χ4n) is 4.79. The number of aliphatic hydroxyl groups excluding tert-OH is 1. The third-order valence-electron chi connectivity index (χ3n) is 6.55. The van der Waals surface area contributed by atoms with E-state index in [0.29, 0.717) is 0 Å². The lowest BCUT2D eigenvalue weighted by Gasteiger charge is -2.29. The maximum absolute atomic E-state index is 13.7. The fraction of sp³-hybridized carbons (Fsp3) is 0.286. The first-order chi connectivity index (χ1) is 16.4. The molecule has 0 spiro atoms. The molecule has 2 amide bonds. The van der Waals surface area contributed by atoms with E-state index in [1.165, 1.54) is 4.90 Å². The van der Waals surface area contributed by atoms with E-state index >= 15 is 0 Å². The molecule has 6 heteroatoms. The van der Waals surface area contributed by atoms with E-state index in [0.717, 1.165) is 22.3 Å². The van der Waals surface area contributed by atoms with E-state index < -0.39 is 30.1 Å². The molecular formula is C28H31N3O3. The molecule has 34 heavy (non-hydrogen) atoms. The van der Waals surface area contributed by atoms with Crippen LogP contribution in [0.3, 0.4) is 0 Å². The summed E-state index contributed by atoms with van der Waals surface area (Å²) in [5.74, 6) is -1.15. The lowest BCUT2D eigenvalue weighted by Crippen LogP contribution is -2.54. The van der Waals surface area contributed by atoms with E-state index in [9.17, 15) is 14.7 Å². The zero-order valence-corrected chi connectivity index (χ0v) is 19.5. The zero-order chi connectivity index (χ0) is 24.2. The zero-order valence-electron chi connectivity index (χ0n) is 19.5. The first-order valence-corrected chi connectivity index (χ1v) is 11.6. The van der Waals surface area contributed by atoms with Crippen LogP contribution >= 0.6 is 0 Å². The van der Waals surface area contributed by atoms with Crippen molar-refractivity contribution in [2.75, 3.05) is 6.54 Å². The molecule has 1 heterocycles. The second-order valence-corrected chi connectivity index (χ2v) is 8.94. The SMILES string of the molecule is Cc1ccccc1[C@H]1CN(C(=O)[C@H](C)N)[C@H](C(=O)NC(c2ccccc2)c2ccccc2)[C@@H]1O. The highest BCUT2D eigenvalue weighted by Gasteiger charge is 2.48. The Bertz CT molecular complexity index is 1090. The summed E-state index contributed by atoms with van der Waals surface area (Å²) in [5.41, 5.74) is 9.67. The minimum atomic E-state index is -1.06. The molecule has 4 atom stereocenters. The number of hydrogen-bond donors (Lipinski definition) is 3. The maximum atomic E-state index is 13.7. The Kier molecular flexibility index (Phi) is 7.10. The molecule has 3 aromatic rings. The Balaban J connectivity index is 1.68. The molecule has 1 fully saturated rings. The topological polar surface area (TPSA) is 95.7 Å². The predicted octanol–water partition coefficient (Wildman–Crippen LogP) is 2.90. The van der Waals surface area contributed by atoms with Crippen LogP contribution in [0.4, 0.5) is 0 Å². The van der Waals surface area contributed by atoms with Crippen LogP contribution in [0.1, 0.15) is 41.1 Å². The molecule has 176 valence electrons. The van der Waals surface area contributed by atoms with Crippen molar-refractivity contribution in [1.29, 1.82) is 0 Å². The van der Waals surface area contributed by atoms with Gasteiger partial charge in [0.15, 0.2) is 0 Å². The van der Waals surface area contributed by atoms with E-state index in [1.54, 1.807) is 6.92 Å². The van der Waals surface area contributed by atoms with Crippen molar-refractivity contribution in [2.24, 2.45) is 5.73 Å². The Morgan fingerprint density at radius 2 is 1.47 bits per heavy atom. The van der Waals surface area contributed by atoms with Gasteiger partial charge in [0.1, 0.15) is 6.04 Å². The number of likely N-dealkylation sites (tertiary alicyclic amines) is 1. The van der Waals surface area contributed by atoms with Crippen LogP contribution in [0.5, 0.6) is 0 Å². The third-order valence-corrected chi connectivity index (χ3v) is 6.55. The van der Waals surface area contributed by atoms with Crippen molar-refractivity contribution in [1.82, 2.24) is 10.2 Å². The minimum Gasteiger partial charge on any atom is -0.390 e. The number of aryl methyl sites for hydroxylation is 1. The molecule has 4 rings (SSSR count). The van der Waals surface area contributed by atoms with Crippen LogP contribution in [0, 0.1) is 6.92 Å². The largest absolute Gasteiger partial charge is 0.390 e. The van der Waals surface area contributed by atoms with Gasteiger partial charge in [0, 0.05) is 12.5 Å². The quantitative estimate of drug-likeness (QED) is 0.530. The van der Waals surface area contributed by atoms with Crippen molar-refractivity contribution in [2.45, 2.75) is 44.0 Å². The molecule has 1 aliphatic rings. The monoisotopic (exact) mass is 457 g/mol. The highest BCUT2D eigenvalue weighted by molar-refractivity contribution is 5.91. The Morgan fingerprint density at radius 3 is 2.00 bits per heavy atom. The second kappa shape index (κ2) is 10.2. The van der Waals surface area contributed by atoms with Gasteiger partial charge in [0.25, 0.3) is 0 Å². The number of aliphatic hydroxyl groups is 1. The van der Waals surface area contributed by atoms with Crippen LogP contribution in [0.25, 0.3) is 0 Å². The average molecular weight is 458 g/mol. The van der Waals surface area contributed by atoms with Crippen LogP contribution in [0.2, 0.25) is 0 Å². The smallest absolute Gasteiger partial charge is 0.246 e. The molecule has 1 aliphatic heterocycles. The number of rotatable bonds is 6. The van der Waals surface area contributed by atoms with Crippen molar-refractivity contribution in [3.63, 3.8) is 0 Å². The van der Waals surface area contributed by atoms with Crippen molar-refractivity contribution < 1.29 is 14.7 Å². The molecule has 0 saturated carbocycles. The Hall–Kier alpha value is -3.48. The number of hydrogen-bond acceptors (Lipinski definition) is 4. The Labute approximate surface area is 200 Å². The summed E-state index contributed by atoms with van der Waals surface area (Å²) < 4.78 is 0. The van der Waals surface area contributed by atoms with Crippen molar-refractivity contribution in [3.05, 3.63) is 107 Å². The number of carbonyl (C=O) groups excluding carboxylic acids is 2. The number of nitrogens with zero attached hydrogens (tertiary/aromatic N) is 1. The van der Waals surface area contributed by atoms with E-state index in [1.807, 2.05) is 91.9 Å². The lowest BCUT2D eigenvalue weighted by atomic mass is 9.90. The summed E-state index contributed by atoms with van der Waals surface area (Å²) in [7, 11) is 0. The van der Waals surface area contributed by atoms with Crippen LogP contribution in [-0.4, -0.2) is 46.6 Å². The van der Waals surface area contributed by atoms with Crippen molar-refractivity contribution in [3.8, 4) is 0 Å². The summed E-state index contributed by atoms with van der Waals surface area (Å²) in [6, 6.07) is 24.8. The standard InChI is InChI=1S/C28H31N3O3/c1-18-11-9-10-16-22(18)23-17-31(28(34)19(2)29)25(26(23)32)27(33)30-24(20-12-5-3-6-13-20)21-14-7-4-8-15-21/h3-16,19,23-26,32H,17,29H2,1-2H3,(H,30,33)/t19-,23+,25-,26+/m0/s1. The molecule has 3 aromatic carbocycles. The van der Waals surface area contributed by atoms with Gasteiger partial charge in [-0.25, -0.2) is 0 Å². The van der Waals surface area contributed by atoms with E-state index in [2.05, 4.69) is 5.32 Å². The van der Waals surface area contributed by atoms with Gasteiger partial charge >= 0.3 is 0 Å². The molecule has 0 aliphatic carbocycles. The van der Waals surface area contributed by atoms with Crippen LogP contribution in [0.15, 0.2) is 84.9 Å². The van der Waals surface area contributed by atoms with Gasteiger partial charge in [0.05, 0.1) is 18.2 Å². The number of carbonyl (C=O) groups is 2. The number of nitrogens with two attached hydrogens (primary N) is 1. The Morgan fingerprint density at radius 1 is 0.941 bits per heavy atom. The van der Waals surface area contributed by atoms with Gasteiger partial charge in [-0.3, -0.25) is 9.59 Å². The van der Waals surface area contributed by atoms with Gasteiger partial charge in [0.2, 0.25) is 11.8 Å². The first kappa shape index (κ1) is 23.7. The van der Waals surface area contributed by atoms with E-state index in [4.69, 9.17) is 5.73 Å². The summed E-state index contributed by atoms with van der Waals surface area (Å²) in [6.07, 6.45) is -1.06. The van der Waals surface area contributed by atoms with E-state index in [-0.39, 0.29) is 18.4 Å². The number of benzene rings is 3. The number of amides is 2. The minimum absolute atomic E-state index is 0.228. The molecular weight excluding hydrogens is 426 g/mol. The normalized spacial score (nSPS) is 20.9. The van der Waals surface area contributed by atoms with Crippen LogP contribution in [-0.2, 0) is 9.59 Å².